The molecule has 3 saturated heterocycles. The number of halogens is 3. The number of carbonyl (C=O) groups is 1. The van der Waals surface area contributed by atoms with Crippen LogP contribution >= 0.6 is 11.9 Å². The molecule has 0 unspecified atom stereocenters. The Kier molecular flexibility index (Phi) is 7.13. The van der Waals surface area contributed by atoms with Crippen LogP contribution in [0.5, 0.6) is 0 Å². The fourth-order valence-corrected chi connectivity index (χ4v) is 6.14. The molecule has 3 fully saturated rings. The van der Waals surface area contributed by atoms with Crippen LogP contribution in [0.4, 0.5) is 29.5 Å². The number of likely N-dealkylation sites (tertiary alicyclic amines) is 2. The highest BCUT2D eigenvalue weighted by molar-refractivity contribution is 7.99. The van der Waals surface area contributed by atoms with Crippen molar-refractivity contribution < 1.29 is 18.0 Å². The highest BCUT2D eigenvalue weighted by Crippen LogP contribution is 2.41. The standard InChI is InChI=1S/C25H33F3N6OS/c1-36-30-22-4-10-34(29-22)23(35)33-12-6-24(7-13-33)5-11-31(18-24)17-19-14-20(25(26,27)28)16-21(15-19)32-8-2-3-9-32/h4,10,14-16H,2-3,5-9,11-13,17-18H2,1H3,(H,29,30). The highest BCUT2D eigenvalue weighted by atomic mass is 32.2. The molecule has 4 heterocycles. The average Bonchev–Trinajstić information content (AvgIpc) is 3.61. The summed E-state index contributed by atoms with van der Waals surface area (Å²) in [6.07, 6.45) is 4.07. The van der Waals surface area contributed by atoms with Crippen molar-refractivity contribution in [3.8, 4) is 0 Å². The summed E-state index contributed by atoms with van der Waals surface area (Å²) in [6, 6.07) is 6.21. The number of piperidine rings is 1. The third-order valence-electron chi connectivity index (χ3n) is 7.79. The lowest BCUT2D eigenvalue weighted by molar-refractivity contribution is -0.137. The molecule has 2 aromatic rings. The lowest BCUT2D eigenvalue weighted by atomic mass is 9.78. The monoisotopic (exact) mass is 522 g/mol. The van der Waals surface area contributed by atoms with Crippen LogP contribution < -0.4 is 9.62 Å². The second kappa shape index (κ2) is 10.2. The van der Waals surface area contributed by atoms with Gasteiger partial charge in [-0.1, -0.05) is 11.9 Å². The van der Waals surface area contributed by atoms with Crippen LogP contribution in [0.25, 0.3) is 0 Å². The lowest BCUT2D eigenvalue weighted by Gasteiger charge is -2.39. The molecule has 196 valence electrons. The number of rotatable bonds is 5. The third-order valence-corrected chi connectivity index (χ3v) is 8.20. The molecule has 1 aromatic heterocycles. The van der Waals surface area contributed by atoms with E-state index in [-0.39, 0.29) is 11.4 Å². The number of alkyl halides is 3. The topological polar surface area (TPSA) is 56.6 Å². The molecule has 0 saturated carbocycles. The van der Waals surface area contributed by atoms with Gasteiger partial charge in [0, 0.05) is 63.5 Å². The van der Waals surface area contributed by atoms with Crippen molar-refractivity contribution in [2.45, 2.75) is 44.8 Å². The molecule has 1 N–H and O–H groups in total. The summed E-state index contributed by atoms with van der Waals surface area (Å²) in [7, 11) is 0. The van der Waals surface area contributed by atoms with Crippen molar-refractivity contribution in [2.75, 3.05) is 55.1 Å². The maximum Gasteiger partial charge on any atom is 0.416 e. The molecular weight excluding hydrogens is 489 g/mol. The average molecular weight is 523 g/mol. The summed E-state index contributed by atoms with van der Waals surface area (Å²) < 4.78 is 45.3. The molecule has 3 aliphatic rings. The Labute approximate surface area is 214 Å². The van der Waals surface area contributed by atoms with E-state index in [1.807, 2.05) is 17.2 Å². The molecule has 1 spiro atoms. The second-order valence-corrected chi connectivity index (χ2v) is 10.9. The summed E-state index contributed by atoms with van der Waals surface area (Å²) in [5, 5.41) is 4.28. The van der Waals surface area contributed by atoms with Crippen LogP contribution in [-0.2, 0) is 12.7 Å². The zero-order valence-electron chi connectivity index (χ0n) is 20.6. The van der Waals surface area contributed by atoms with Gasteiger partial charge in [0.15, 0.2) is 5.82 Å². The van der Waals surface area contributed by atoms with Crippen LogP contribution in [0.3, 0.4) is 0 Å². The lowest BCUT2D eigenvalue weighted by Crippen LogP contribution is -2.45. The summed E-state index contributed by atoms with van der Waals surface area (Å²) in [5.74, 6) is 0.651. The van der Waals surface area contributed by atoms with Gasteiger partial charge in [0.25, 0.3) is 0 Å². The third kappa shape index (κ3) is 5.46. The maximum absolute atomic E-state index is 13.6. The molecule has 0 aliphatic carbocycles. The van der Waals surface area contributed by atoms with Gasteiger partial charge in [0.1, 0.15) is 0 Å². The first kappa shape index (κ1) is 25.3. The van der Waals surface area contributed by atoms with Crippen molar-refractivity contribution in [1.82, 2.24) is 19.6 Å². The van der Waals surface area contributed by atoms with E-state index in [4.69, 9.17) is 0 Å². The number of amides is 1. The molecule has 1 aromatic carbocycles. The molecule has 5 rings (SSSR count). The number of nitrogens with one attached hydrogen (secondary N) is 1. The van der Waals surface area contributed by atoms with Gasteiger partial charge in [0.2, 0.25) is 0 Å². The molecule has 1 amide bonds. The van der Waals surface area contributed by atoms with Crippen molar-refractivity contribution in [3.05, 3.63) is 41.6 Å². The first-order valence-electron chi connectivity index (χ1n) is 12.6. The molecule has 36 heavy (non-hydrogen) atoms. The quantitative estimate of drug-likeness (QED) is 0.549. The fraction of sp³-hybridized carbons (Fsp3) is 0.600. The van der Waals surface area contributed by atoms with E-state index in [1.165, 1.54) is 28.8 Å². The van der Waals surface area contributed by atoms with E-state index < -0.39 is 11.7 Å². The fourth-order valence-electron chi connectivity index (χ4n) is 5.82. The number of aromatic nitrogens is 2. The van der Waals surface area contributed by atoms with Gasteiger partial charge in [-0.2, -0.15) is 17.9 Å². The van der Waals surface area contributed by atoms with Crippen molar-refractivity contribution in [1.29, 1.82) is 0 Å². The van der Waals surface area contributed by atoms with Gasteiger partial charge >= 0.3 is 12.2 Å². The summed E-state index contributed by atoms with van der Waals surface area (Å²) >= 11 is 1.42. The van der Waals surface area contributed by atoms with Crippen molar-refractivity contribution in [3.63, 3.8) is 0 Å². The van der Waals surface area contributed by atoms with E-state index in [1.54, 1.807) is 12.3 Å². The minimum absolute atomic E-state index is 0.117. The molecule has 7 nitrogen and oxygen atoms in total. The largest absolute Gasteiger partial charge is 0.416 e. The van der Waals surface area contributed by atoms with E-state index in [0.717, 1.165) is 63.8 Å². The number of carbonyl (C=O) groups excluding carboxylic acids is 1. The Bertz CT molecular complexity index is 1080. The van der Waals surface area contributed by atoms with Crippen LogP contribution in [-0.4, -0.2) is 71.1 Å². The molecule has 0 radical (unpaired) electrons. The highest BCUT2D eigenvalue weighted by Gasteiger charge is 2.42. The van der Waals surface area contributed by atoms with E-state index >= 15 is 0 Å². The van der Waals surface area contributed by atoms with Gasteiger partial charge in [-0.25, -0.2) is 4.79 Å². The molecule has 11 heteroatoms. The number of hydrogen-bond donors (Lipinski definition) is 1. The van der Waals surface area contributed by atoms with Crippen LogP contribution in [0.2, 0.25) is 0 Å². The Hall–Kier alpha value is -2.40. The molecule has 0 atom stereocenters. The first-order chi connectivity index (χ1) is 17.2. The Morgan fingerprint density at radius 3 is 2.50 bits per heavy atom. The zero-order chi connectivity index (χ0) is 25.3. The Morgan fingerprint density at radius 2 is 1.81 bits per heavy atom. The van der Waals surface area contributed by atoms with Gasteiger partial charge < -0.3 is 14.5 Å². The van der Waals surface area contributed by atoms with Crippen molar-refractivity contribution >= 4 is 29.5 Å². The van der Waals surface area contributed by atoms with Crippen LogP contribution in [0.15, 0.2) is 30.5 Å². The zero-order valence-corrected chi connectivity index (χ0v) is 21.4. The van der Waals surface area contributed by atoms with Crippen LogP contribution in [0, 0.1) is 5.41 Å². The van der Waals surface area contributed by atoms with Crippen molar-refractivity contribution in [2.24, 2.45) is 5.41 Å². The maximum atomic E-state index is 13.6. The SMILES string of the molecule is CSNc1ccn(C(=O)N2CCC3(CCN(Cc4cc(N5CCCC5)cc(C(F)(F)F)c4)C3)CC2)n1. The Morgan fingerprint density at radius 1 is 1.08 bits per heavy atom. The second-order valence-electron chi connectivity index (χ2n) is 10.3. The number of nitrogens with zero attached hydrogens (tertiary/aromatic N) is 5. The van der Waals surface area contributed by atoms with E-state index in [9.17, 15) is 18.0 Å². The minimum atomic E-state index is -4.35. The predicted octanol–water partition coefficient (Wildman–Crippen LogP) is 5.15. The number of hydrogen-bond acceptors (Lipinski definition) is 6. The van der Waals surface area contributed by atoms with E-state index in [0.29, 0.717) is 31.1 Å². The summed E-state index contributed by atoms with van der Waals surface area (Å²) in [4.78, 5) is 19.1. The molecule has 0 bridgehead atoms. The van der Waals surface area contributed by atoms with Gasteiger partial charge in [-0.05, 0) is 67.8 Å². The van der Waals surface area contributed by atoms with Gasteiger partial charge in [-0.3, -0.25) is 4.90 Å². The minimum Gasteiger partial charge on any atom is -0.372 e. The summed E-state index contributed by atoms with van der Waals surface area (Å²) in [5.41, 5.74) is 0.973. The number of anilines is 2. The van der Waals surface area contributed by atoms with Gasteiger partial charge in [0.05, 0.1) is 5.56 Å². The Balaban J connectivity index is 1.21. The predicted molar refractivity (Wildman–Crippen MR) is 136 cm³/mol. The van der Waals surface area contributed by atoms with Gasteiger partial charge in [-0.15, -0.1) is 5.10 Å². The van der Waals surface area contributed by atoms with E-state index in [2.05, 4.69) is 19.6 Å². The first-order valence-corrected chi connectivity index (χ1v) is 13.8. The molecular formula is C25H33F3N6OS. The van der Waals surface area contributed by atoms with Crippen LogP contribution in [0.1, 0.15) is 43.2 Å². The normalized spacial score (nSPS) is 20.4. The molecule has 3 aliphatic heterocycles. The summed E-state index contributed by atoms with van der Waals surface area (Å²) in [6.45, 7) is 5.21. The smallest absolute Gasteiger partial charge is 0.372 e. The number of benzene rings is 1.